The molecule has 0 aliphatic carbocycles. The fraction of sp³-hybridized carbons (Fsp3) is 0.900. The first-order valence-electron chi connectivity index (χ1n) is 5.24. The summed E-state index contributed by atoms with van der Waals surface area (Å²) in [6.07, 6.45) is -4.51. The van der Waals surface area contributed by atoms with Crippen LogP contribution in [-0.2, 0) is 19.0 Å². The maximum absolute atomic E-state index is 11.1. The van der Waals surface area contributed by atoms with Crippen molar-refractivity contribution in [1.82, 2.24) is 0 Å². The first kappa shape index (κ1) is 11.8. The van der Waals surface area contributed by atoms with Crippen molar-refractivity contribution in [2.24, 2.45) is 0 Å². The molecule has 0 radical (unpaired) electrons. The lowest BCUT2D eigenvalue weighted by Crippen LogP contribution is -2.43. The van der Waals surface area contributed by atoms with Gasteiger partial charge < -0.3 is 24.4 Å². The number of hydrogen-bond acceptors (Lipinski definition) is 6. The van der Waals surface area contributed by atoms with Gasteiger partial charge in [-0.25, -0.2) is 4.79 Å². The molecule has 2 saturated heterocycles. The Kier molecular flexibility index (Phi) is 2.70. The zero-order valence-electron chi connectivity index (χ0n) is 9.41. The van der Waals surface area contributed by atoms with Crippen molar-refractivity contribution >= 4 is 5.97 Å². The molecule has 0 aromatic rings. The van der Waals surface area contributed by atoms with Crippen LogP contribution in [0.15, 0.2) is 0 Å². The zero-order valence-corrected chi connectivity index (χ0v) is 9.41. The molecule has 0 spiro atoms. The predicted molar refractivity (Wildman–Crippen MR) is 51.4 cm³/mol. The summed E-state index contributed by atoms with van der Waals surface area (Å²) >= 11 is 0. The lowest BCUT2D eigenvalue weighted by Gasteiger charge is -2.22. The molecule has 2 N–H and O–H groups in total. The average Bonchev–Trinajstić information content (AvgIpc) is 2.57. The fourth-order valence-electron chi connectivity index (χ4n) is 2.15. The molecule has 6 nitrogen and oxygen atoms in total. The Labute approximate surface area is 93.1 Å². The highest BCUT2D eigenvalue weighted by Gasteiger charge is 2.53. The minimum Gasteiger partial charge on any atom is -0.455 e. The molecule has 2 fully saturated rings. The van der Waals surface area contributed by atoms with Gasteiger partial charge in [0, 0.05) is 0 Å². The van der Waals surface area contributed by atoms with E-state index >= 15 is 0 Å². The Balaban J connectivity index is 2.12. The Morgan fingerprint density at radius 2 is 1.81 bits per heavy atom. The molecule has 2 heterocycles. The zero-order chi connectivity index (χ0) is 12.1. The van der Waals surface area contributed by atoms with Crippen molar-refractivity contribution < 1.29 is 29.2 Å². The van der Waals surface area contributed by atoms with E-state index in [4.69, 9.17) is 14.2 Å². The van der Waals surface area contributed by atoms with E-state index < -0.39 is 36.2 Å². The van der Waals surface area contributed by atoms with Crippen LogP contribution in [0.5, 0.6) is 0 Å². The number of carbonyl (C=O) groups is 1. The summed E-state index contributed by atoms with van der Waals surface area (Å²) in [4.78, 5) is 11.1. The highest BCUT2D eigenvalue weighted by Crippen LogP contribution is 2.34. The lowest BCUT2D eigenvalue weighted by molar-refractivity contribution is -0.167. The molecular weight excluding hydrogens is 216 g/mol. The Morgan fingerprint density at radius 3 is 2.19 bits per heavy atom. The molecule has 0 bridgehead atoms. The Morgan fingerprint density at radius 1 is 1.19 bits per heavy atom. The van der Waals surface area contributed by atoms with Crippen LogP contribution in [0.4, 0.5) is 0 Å². The van der Waals surface area contributed by atoms with Crippen molar-refractivity contribution in [3.63, 3.8) is 0 Å². The number of hydrogen-bond donors (Lipinski definition) is 2. The second kappa shape index (κ2) is 3.66. The van der Waals surface area contributed by atoms with E-state index in [1.165, 1.54) is 0 Å². The highest BCUT2D eigenvalue weighted by molar-refractivity contribution is 5.77. The molecule has 92 valence electrons. The predicted octanol–water partition coefficient (Wildman–Crippen LogP) is -0.826. The van der Waals surface area contributed by atoms with Gasteiger partial charge in [-0.1, -0.05) is 0 Å². The Hall–Kier alpha value is -0.690. The second-order valence-electron chi connectivity index (χ2n) is 4.64. The van der Waals surface area contributed by atoms with Gasteiger partial charge in [0.05, 0.1) is 6.10 Å². The maximum Gasteiger partial charge on any atom is 0.338 e. The quantitative estimate of drug-likeness (QED) is 0.574. The van der Waals surface area contributed by atoms with Gasteiger partial charge in [0.25, 0.3) is 0 Å². The summed E-state index contributed by atoms with van der Waals surface area (Å²) in [6, 6.07) is 0. The van der Waals surface area contributed by atoms with E-state index in [2.05, 4.69) is 0 Å². The lowest BCUT2D eigenvalue weighted by atomic mass is 10.0. The summed E-state index contributed by atoms with van der Waals surface area (Å²) in [5.41, 5.74) is 0. The van der Waals surface area contributed by atoms with E-state index in [1.807, 2.05) is 0 Å². The van der Waals surface area contributed by atoms with Crippen molar-refractivity contribution in [2.45, 2.75) is 57.1 Å². The molecule has 2 aliphatic heterocycles. The SMILES string of the molecule is C[C@@H]1OC(C)(C)O[C@@H]1[C@H]1OC(=O)[C@@H](O)[C@@H]1O. The van der Waals surface area contributed by atoms with Crippen LogP contribution in [0.3, 0.4) is 0 Å². The average molecular weight is 232 g/mol. The molecular formula is C10H16O6. The van der Waals surface area contributed by atoms with Crippen LogP contribution in [0.1, 0.15) is 20.8 Å². The summed E-state index contributed by atoms with van der Waals surface area (Å²) in [5, 5.41) is 18.9. The number of rotatable bonds is 1. The van der Waals surface area contributed by atoms with Gasteiger partial charge in [-0.15, -0.1) is 0 Å². The maximum atomic E-state index is 11.1. The highest BCUT2D eigenvalue weighted by atomic mass is 16.8. The number of aliphatic hydroxyl groups is 2. The van der Waals surface area contributed by atoms with Gasteiger partial charge in [0.2, 0.25) is 0 Å². The summed E-state index contributed by atoms with van der Waals surface area (Å²) < 4.78 is 15.9. The van der Waals surface area contributed by atoms with E-state index in [0.717, 1.165) is 0 Å². The molecule has 0 saturated carbocycles. The Bertz CT molecular complexity index is 302. The monoisotopic (exact) mass is 232 g/mol. The number of carbonyl (C=O) groups excluding carboxylic acids is 1. The first-order valence-corrected chi connectivity index (χ1v) is 5.24. The first-order chi connectivity index (χ1) is 7.32. The van der Waals surface area contributed by atoms with Gasteiger partial charge in [0.1, 0.15) is 12.2 Å². The third kappa shape index (κ3) is 1.82. The molecule has 5 atom stereocenters. The second-order valence-corrected chi connectivity index (χ2v) is 4.64. The summed E-state index contributed by atoms with van der Waals surface area (Å²) in [5.74, 6) is -1.60. The molecule has 2 aliphatic rings. The van der Waals surface area contributed by atoms with Crippen molar-refractivity contribution in [2.75, 3.05) is 0 Å². The smallest absolute Gasteiger partial charge is 0.338 e. The van der Waals surface area contributed by atoms with Gasteiger partial charge in [-0.2, -0.15) is 0 Å². The van der Waals surface area contributed by atoms with Crippen molar-refractivity contribution in [3.05, 3.63) is 0 Å². The number of ether oxygens (including phenoxy) is 3. The fourth-order valence-corrected chi connectivity index (χ4v) is 2.15. The summed E-state index contributed by atoms with van der Waals surface area (Å²) in [7, 11) is 0. The molecule has 0 aromatic heterocycles. The van der Waals surface area contributed by atoms with Crippen molar-refractivity contribution in [1.29, 1.82) is 0 Å². The molecule has 6 heteroatoms. The van der Waals surface area contributed by atoms with E-state index in [1.54, 1.807) is 20.8 Å². The molecule has 2 rings (SSSR count). The topological polar surface area (TPSA) is 85.2 Å². The van der Waals surface area contributed by atoms with Crippen LogP contribution in [0.25, 0.3) is 0 Å². The van der Waals surface area contributed by atoms with Crippen LogP contribution in [-0.4, -0.2) is 52.5 Å². The third-order valence-electron chi connectivity index (χ3n) is 2.83. The summed E-state index contributed by atoms with van der Waals surface area (Å²) in [6.45, 7) is 5.25. The minimum atomic E-state index is -1.50. The molecule has 16 heavy (non-hydrogen) atoms. The standard InChI is InChI=1S/C10H16O6/c1-4-7(16-10(2,3)15-4)8-5(11)6(12)9(13)14-8/h4-8,11-12H,1-3H3/t4-,5-,6-,7-,8-/m0/s1. The number of esters is 1. The number of aliphatic hydroxyl groups excluding tert-OH is 2. The molecule has 0 unspecified atom stereocenters. The molecule has 0 amide bonds. The van der Waals surface area contributed by atoms with Gasteiger partial charge in [0.15, 0.2) is 18.0 Å². The van der Waals surface area contributed by atoms with Crippen LogP contribution in [0, 0.1) is 0 Å². The van der Waals surface area contributed by atoms with Gasteiger partial charge in [-0.3, -0.25) is 0 Å². The van der Waals surface area contributed by atoms with Crippen LogP contribution in [0.2, 0.25) is 0 Å². The third-order valence-corrected chi connectivity index (χ3v) is 2.83. The van der Waals surface area contributed by atoms with Crippen LogP contribution < -0.4 is 0 Å². The minimum absolute atomic E-state index is 0.312. The van der Waals surface area contributed by atoms with Crippen LogP contribution >= 0.6 is 0 Å². The van der Waals surface area contributed by atoms with E-state index in [9.17, 15) is 15.0 Å². The van der Waals surface area contributed by atoms with E-state index in [0.29, 0.717) is 0 Å². The van der Waals surface area contributed by atoms with Gasteiger partial charge >= 0.3 is 5.97 Å². The number of cyclic esters (lactones) is 1. The van der Waals surface area contributed by atoms with Gasteiger partial charge in [-0.05, 0) is 20.8 Å². The molecule has 0 aromatic carbocycles. The van der Waals surface area contributed by atoms with E-state index in [-0.39, 0.29) is 6.10 Å². The normalized spacial score (nSPS) is 47.1. The van der Waals surface area contributed by atoms with Crippen molar-refractivity contribution in [3.8, 4) is 0 Å². The largest absolute Gasteiger partial charge is 0.455 e.